The highest BCUT2D eigenvalue weighted by atomic mass is 79.9. The Morgan fingerprint density at radius 3 is 2.43 bits per heavy atom. The van der Waals surface area contributed by atoms with Crippen LogP contribution in [0.1, 0.15) is 40.8 Å². The molecule has 3 aromatic heterocycles. The van der Waals surface area contributed by atoms with Crippen molar-refractivity contribution in [3.05, 3.63) is 63.9 Å². The minimum absolute atomic E-state index is 0.160. The van der Waals surface area contributed by atoms with Gasteiger partial charge in [0.15, 0.2) is 5.78 Å². The Morgan fingerprint density at radius 1 is 1.00 bits per heavy atom. The van der Waals surface area contributed by atoms with Gasteiger partial charge in [-0.2, -0.15) is 5.10 Å². The van der Waals surface area contributed by atoms with E-state index in [1.807, 2.05) is 26.0 Å². The number of hydrogen-bond acceptors (Lipinski definition) is 10. The maximum absolute atomic E-state index is 14.1. The topological polar surface area (TPSA) is 190 Å². The van der Waals surface area contributed by atoms with Gasteiger partial charge in [-0.3, -0.25) is 23.9 Å². The molecule has 0 bridgehead atoms. The van der Waals surface area contributed by atoms with Crippen LogP contribution in [0.25, 0.3) is 22.0 Å². The van der Waals surface area contributed by atoms with Gasteiger partial charge >= 0.3 is 6.09 Å². The van der Waals surface area contributed by atoms with E-state index in [-0.39, 0.29) is 50.0 Å². The van der Waals surface area contributed by atoms with Crippen molar-refractivity contribution in [3.63, 3.8) is 0 Å². The number of Topliss-reactive ketones (excluding diaryl/α,β-unsaturated/α-hetero) is 1. The molecule has 4 amide bonds. The second kappa shape index (κ2) is 14.9. The van der Waals surface area contributed by atoms with Crippen molar-refractivity contribution in [3.8, 4) is 11.1 Å². The molecule has 2 atom stereocenters. The van der Waals surface area contributed by atoms with E-state index in [9.17, 15) is 24.0 Å². The zero-order chi connectivity index (χ0) is 35.4. The third kappa shape index (κ3) is 8.08. The first-order valence-corrected chi connectivity index (χ1v) is 16.3. The highest BCUT2D eigenvalue weighted by Crippen LogP contribution is 2.31. The predicted octanol–water partition coefficient (Wildman–Crippen LogP) is 3.11. The number of likely N-dealkylation sites (tertiary alicyclic amines) is 1. The van der Waals surface area contributed by atoms with Gasteiger partial charge in [0, 0.05) is 43.4 Å². The highest BCUT2D eigenvalue weighted by Gasteiger charge is 2.40. The van der Waals surface area contributed by atoms with Crippen molar-refractivity contribution in [2.24, 2.45) is 5.92 Å². The summed E-state index contributed by atoms with van der Waals surface area (Å²) in [6.45, 7) is 6.70. The second-order valence-corrected chi connectivity index (χ2v) is 12.7. The lowest BCUT2D eigenvalue weighted by Crippen LogP contribution is -2.45. The zero-order valence-electron chi connectivity index (χ0n) is 27.7. The number of aryl methyl sites for hydroxylation is 3. The summed E-state index contributed by atoms with van der Waals surface area (Å²) in [4.78, 5) is 78.6. The molecule has 15 nitrogen and oxygen atoms in total. The average molecular weight is 735 g/mol. The van der Waals surface area contributed by atoms with Crippen LogP contribution < -0.4 is 16.0 Å². The van der Waals surface area contributed by atoms with Crippen molar-refractivity contribution < 1.29 is 28.7 Å². The number of carbonyl (C=O) groups is 5. The number of rotatable bonds is 10. The lowest BCUT2D eigenvalue weighted by molar-refractivity contribution is -0.137. The first-order chi connectivity index (χ1) is 23.3. The Hall–Kier alpha value is -5.25. The normalized spacial score (nSPS) is 15.6. The van der Waals surface area contributed by atoms with Crippen LogP contribution in [-0.4, -0.2) is 92.0 Å². The van der Waals surface area contributed by atoms with E-state index in [0.717, 1.165) is 22.3 Å². The Labute approximate surface area is 290 Å². The minimum atomic E-state index is -0.883. The number of aromatic nitrogens is 5. The Bertz CT molecular complexity index is 1950. The monoisotopic (exact) mass is 733 g/mol. The molecule has 1 fully saturated rings. The molecule has 4 heterocycles. The van der Waals surface area contributed by atoms with Gasteiger partial charge in [-0.15, -0.1) is 0 Å². The van der Waals surface area contributed by atoms with E-state index in [4.69, 9.17) is 0 Å². The fourth-order valence-electron chi connectivity index (χ4n) is 5.80. The quantitative estimate of drug-likeness (QED) is 0.161. The van der Waals surface area contributed by atoms with E-state index in [2.05, 4.69) is 56.7 Å². The molecule has 16 heteroatoms. The van der Waals surface area contributed by atoms with E-state index in [1.165, 1.54) is 23.6 Å². The van der Waals surface area contributed by atoms with Crippen molar-refractivity contribution in [1.82, 2.24) is 40.3 Å². The molecule has 4 aromatic rings. The van der Waals surface area contributed by atoms with Gasteiger partial charge in [0.2, 0.25) is 17.7 Å². The molecule has 1 aromatic carbocycles. The summed E-state index contributed by atoms with van der Waals surface area (Å²) in [5, 5.41) is 13.1. The predicted molar refractivity (Wildman–Crippen MR) is 183 cm³/mol. The molecule has 1 saturated heterocycles. The summed E-state index contributed by atoms with van der Waals surface area (Å²) in [6.07, 6.45) is 2.94. The van der Waals surface area contributed by atoms with Crippen molar-refractivity contribution in [2.75, 3.05) is 32.1 Å². The van der Waals surface area contributed by atoms with E-state index in [1.54, 1.807) is 31.5 Å². The van der Waals surface area contributed by atoms with Gasteiger partial charge in [-0.1, -0.05) is 6.07 Å². The maximum Gasteiger partial charge on any atom is 0.407 e. The van der Waals surface area contributed by atoms with Crippen LogP contribution >= 0.6 is 15.9 Å². The SMILES string of the molecule is COC(=O)NCC(=O)NC[C@H]1C[C@@H](C(=O)Nc2nc(Br)ccc2C)N(C(=O)Cn2nc(C(C)=O)c3cc(-c4cnc(C)nc4)cc(C)c32)C1. The zero-order valence-corrected chi connectivity index (χ0v) is 29.3. The molecule has 1 aliphatic heterocycles. The number of pyridine rings is 1. The molecule has 0 unspecified atom stereocenters. The van der Waals surface area contributed by atoms with Crippen LogP contribution in [0.5, 0.6) is 0 Å². The number of anilines is 1. The number of nitrogens with one attached hydrogen (secondary N) is 3. The van der Waals surface area contributed by atoms with Gasteiger partial charge in [-0.05, 0) is 83.9 Å². The summed E-state index contributed by atoms with van der Waals surface area (Å²) in [6, 6.07) is 6.45. The van der Waals surface area contributed by atoms with E-state index in [0.29, 0.717) is 27.1 Å². The molecule has 5 rings (SSSR count). The first kappa shape index (κ1) is 35.1. The molecule has 49 heavy (non-hydrogen) atoms. The number of ketones is 1. The molecule has 0 radical (unpaired) electrons. The van der Waals surface area contributed by atoms with Gasteiger partial charge in [-0.25, -0.2) is 19.7 Å². The number of alkyl carbamates (subject to hydrolysis) is 1. The standard InChI is InChI=1S/C33H36BrN9O6/c1-17-6-7-26(34)39-31(17)40-32(47)25-9-21(11-37-27(45)14-38-33(48)49-5)15-42(25)28(46)16-43-30-18(2)8-22(23-12-35-20(4)36-13-23)10-24(30)29(41-43)19(3)44/h6-8,10,12-13,21,25H,9,11,14-16H2,1-5H3,(H,37,45)(H,38,48)(H,39,40,47)/t21-,25+/m1/s1. The maximum atomic E-state index is 14.1. The fraction of sp³-hybridized carbons (Fsp3) is 0.364. The van der Waals surface area contributed by atoms with Crippen LogP contribution in [0.2, 0.25) is 0 Å². The number of fused-ring (bicyclic) bond motifs is 1. The third-order valence-electron chi connectivity index (χ3n) is 8.25. The average Bonchev–Trinajstić information content (AvgIpc) is 3.67. The minimum Gasteiger partial charge on any atom is -0.453 e. The smallest absolute Gasteiger partial charge is 0.407 e. The number of nitrogens with zero attached hydrogens (tertiary/aromatic N) is 6. The Kier molecular flexibility index (Phi) is 10.7. The number of hydrogen-bond donors (Lipinski definition) is 3. The second-order valence-electron chi connectivity index (χ2n) is 11.9. The Morgan fingerprint density at radius 2 is 1.73 bits per heavy atom. The summed E-state index contributed by atoms with van der Waals surface area (Å²) >= 11 is 3.33. The van der Waals surface area contributed by atoms with Gasteiger partial charge in [0.25, 0.3) is 0 Å². The number of benzene rings is 1. The molecule has 0 aliphatic carbocycles. The largest absolute Gasteiger partial charge is 0.453 e. The number of methoxy groups -OCH3 is 1. The number of amides is 4. The first-order valence-electron chi connectivity index (χ1n) is 15.5. The lowest BCUT2D eigenvalue weighted by Gasteiger charge is -2.24. The lowest BCUT2D eigenvalue weighted by atomic mass is 10.0. The van der Waals surface area contributed by atoms with Crippen LogP contribution in [0.3, 0.4) is 0 Å². The molecule has 3 N–H and O–H groups in total. The fourth-order valence-corrected chi connectivity index (χ4v) is 6.11. The van der Waals surface area contributed by atoms with Crippen LogP contribution in [0.4, 0.5) is 10.6 Å². The van der Waals surface area contributed by atoms with Gasteiger partial charge in [0.1, 0.15) is 34.5 Å². The van der Waals surface area contributed by atoms with E-state index < -0.39 is 29.9 Å². The number of halogens is 1. The summed E-state index contributed by atoms with van der Waals surface area (Å²) in [7, 11) is 1.19. The Balaban J connectivity index is 1.41. The molecular weight excluding hydrogens is 698 g/mol. The van der Waals surface area contributed by atoms with Crippen LogP contribution in [-0.2, 0) is 25.7 Å². The number of carbonyl (C=O) groups excluding carboxylic acids is 5. The summed E-state index contributed by atoms with van der Waals surface area (Å²) in [5.74, 6) is -0.824. The third-order valence-corrected chi connectivity index (χ3v) is 8.69. The van der Waals surface area contributed by atoms with Crippen LogP contribution in [0, 0.1) is 26.7 Å². The molecule has 1 aliphatic rings. The van der Waals surface area contributed by atoms with E-state index >= 15 is 0 Å². The highest BCUT2D eigenvalue weighted by molar-refractivity contribution is 9.10. The van der Waals surface area contributed by atoms with Crippen molar-refractivity contribution in [1.29, 1.82) is 0 Å². The number of ether oxygens (including phenoxy) is 1. The van der Waals surface area contributed by atoms with Gasteiger partial charge in [0.05, 0.1) is 19.2 Å². The van der Waals surface area contributed by atoms with Crippen molar-refractivity contribution >= 4 is 62.2 Å². The summed E-state index contributed by atoms with van der Waals surface area (Å²) < 4.78 is 6.53. The molecule has 256 valence electrons. The van der Waals surface area contributed by atoms with Gasteiger partial charge < -0.3 is 25.6 Å². The summed E-state index contributed by atoms with van der Waals surface area (Å²) in [5.41, 5.74) is 3.93. The molecule has 0 spiro atoms. The van der Waals surface area contributed by atoms with Crippen LogP contribution in [0.15, 0.2) is 41.3 Å². The van der Waals surface area contributed by atoms with Crippen molar-refractivity contribution in [2.45, 2.75) is 46.7 Å². The molecule has 0 saturated carbocycles. The molecular formula is C33H36BrN9O6.